The van der Waals surface area contributed by atoms with E-state index in [1.165, 1.54) is 71.0 Å². The first-order valence-corrected chi connectivity index (χ1v) is 8.04. The summed E-state index contributed by atoms with van der Waals surface area (Å²) in [4.78, 5) is 2.52. The molecule has 1 heterocycles. The zero-order valence-electron chi connectivity index (χ0n) is 11.9. The number of piperidine rings is 1. The summed E-state index contributed by atoms with van der Waals surface area (Å²) in [6.07, 6.45) is 11.3. The van der Waals surface area contributed by atoms with Gasteiger partial charge >= 0.3 is 0 Å². The first-order valence-electron chi connectivity index (χ1n) is 8.04. The SMILES string of the molecule is NCCN1CCC(CNC2CCCCCC2)CC1. The zero-order valence-corrected chi connectivity index (χ0v) is 11.9. The fourth-order valence-corrected chi connectivity index (χ4v) is 3.41. The highest BCUT2D eigenvalue weighted by Gasteiger charge is 2.20. The Bertz CT molecular complexity index is 204. The first kappa shape index (κ1) is 14.3. The van der Waals surface area contributed by atoms with Crippen LogP contribution in [0.2, 0.25) is 0 Å². The largest absolute Gasteiger partial charge is 0.329 e. The van der Waals surface area contributed by atoms with Gasteiger partial charge in [0.05, 0.1) is 0 Å². The van der Waals surface area contributed by atoms with Crippen molar-refractivity contribution in [1.29, 1.82) is 0 Å². The van der Waals surface area contributed by atoms with E-state index >= 15 is 0 Å². The van der Waals surface area contributed by atoms with E-state index in [4.69, 9.17) is 5.73 Å². The highest BCUT2D eigenvalue weighted by Crippen LogP contribution is 2.19. The van der Waals surface area contributed by atoms with Gasteiger partial charge in [0.2, 0.25) is 0 Å². The van der Waals surface area contributed by atoms with Crippen molar-refractivity contribution in [3.05, 3.63) is 0 Å². The van der Waals surface area contributed by atoms with Gasteiger partial charge in [-0.3, -0.25) is 0 Å². The van der Waals surface area contributed by atoms with Crippen LogP contribution >= 0.6 is 0 Å². The lowest BCUT2D eigenvalue weighted by atomic mass is 9.96. The Labute approximate surface area is 112 Å². The van der Waals surface area contributed by atoms with Crippen molar-refractivity contribution in [2.75, 3.05) is 32.7 Å². The normalized spacial score (nSPS) is 25.2. The van der Waals surface area contributed by atoms with Gasteiger partial charge in [-0.1, -0.05) is 25.7 Å². The monoisotopic (exact) mass is 253 g/mol. The molecule has 3 N–H and O–H groups in total. The van der Waals surface area contributed by atoms with Gasteiger partial charge in [-0.25, -0.2) is 0 Å². The molecule has 18 heavy (non-hydrogen) atoms. The van der Waals surface area contributed by atoms with Gasteiger partial charge in [0.15, 0.2) is 0 Å². The van der Waals surface area contributed by atoms with E-state index in [0.29, 0.717) is 0 Å². The smallest absolute Gasteiger partial charge is 0.0105 e. The molecule has 106 valence electrons. The minimum Gasteiger partial charge on any atom is -0.329 e. The summed E-state index contributed by atoms with van der Waals surface area (Å²) in [5, 5.41) is 3.83. The molecule has 0 unspecified atom stereocenters. The molecule has 0 aromatic rings. The second kappa shape index (κ2) is 8.13. The highest BCUT2D eigenvalue weighted by molar-refractivity contribution is 4.77. The molecule has 0 atom stereocenters. The van der Waals surface area contributed by atoms with E-state index in [-0.39, 0.29) is 0 Å². The summed E-state index contributed by atoms with van der Waals surface area (Å²) in [6, 6.07) is 0.814. The van der Waals surface area contributed by atoms with E-state index < -0.39 is 0 Å². The number of hydrogen-bond donors (Lipinski definition) is 2. The van der Waals surface area contributed by atoms with E-state index in [2.05, 4.69) is 10.2 Å². The van der Waals surface area contributed by atoms with Crippen LogP contribution in [0.4, 0.5) is 0 Å². The third kappa shape index (κ3) is 4.87. The van der Waals surface area contributed by atoms with Crippen LogP contribution in [0.1, 0.15) is 51.4 Å². The standard InChI is InChI=1S/C15H31N3/c16-9-12-18-10-7-14(8-11-18)13-17-15-5-3-1-2-4-6-15/h14-15,17H,1-13,16H2. The third-order valence-electron chi connectivity index (χ3n) is 4.70. The molecule has 2 fully saturated rings. The third-order valence-corrected chi connectivity index (χ3v) is 4.70. The van der Waals surface area contributed by atoms with Gasteiger partial charge in [0, 0.05) is 19.1 Å². The van der Waals surface area contributed by atoms with Crippen molar-refractivity contribution in [3.63, 3.8) is 0 Å². The van der Waals surface area contributed by atoms with Crippen molar-refractivity contribution in [3.8, 4) is 0 Å². The number of rotatable bonds is 5. The summed E-state index contributed by atoms with van der Waals surface area (Å²) in [5.41, 5.74) is 5.61. The van der Waals surface area contributed by atoms with E-state index in [1.54, 1.807) is 0 Å². The van der Waals surface area contributed by atoms with Crippen LogP contribution in [-0.4, -0.2) is 43.7 Å². The molecule has 0 bridgehead atoms. The van der Waals surface area contributed by atoms with Crippen molar-refractivity contribution in [1.82, 2.24) is 10.2 Å². The maximum Gasteiger partial charge on any atom is 0.0105 e. The van der Waals surface area contributed by atoms with Gasteiger partial charge in [0.1, 0.15) is 0 Å². The van der Waals surface area contributed by atoms with Crippen LogP contribution in [0.5, 0.6) is 0 Å². The van der Waals surface area contributed by atoms with Gasteiger partial charge in [-0.05, 0) is 51.2 Å². The number of nitrogens with zero attached hydrogens (tertiary/aromatic N) is 1. The van der Waals surface area contributed by atoms with Gasteiger partial charge in [-0.15, -0.1) is 0 Å². The van der Waals surface area contributed by atoms with Crippen LogP contribution in [-0.2, 0) is 0 Å². The van der Waals surface area contributed by atoms with Crippen molar-refractivity contribution in [2.24, 2.45) is 11.7 Å². The van der Waals surface area contributed by atoms with Gasteiger partial charge in [-0.2, -0.15) is 0 Å². The first-order chi connectivity index (χ1) is 8.88. The Balaban J connectivity index is 1.59. The molecule has 1 aliphatic heterocycles. The summed E-state index contributed by atoms with van der Waals surface area (Å²) in [7, 11) is 0. The van der Waals surface area contributed by atoms with Crippen molar-refractivity contribution < 1.29 is 0 Å². The van der Waals surface area contributed by atoms with Crippen LogP contribution in [0.25, 0.3) is 0 Å². The van der Waals surface area contributed by atoms with Crippen LogP contribution in [0, 0.1) is 5.92 Å². The maximum atomic E-state index is 5.61. The summed E-state index contributed by atoms with van der Waals surface area (Å²) >= 11 is 0. The fraction of sp³-hybridized carbons (Fsp3) is 1.00. The molecule has 0 aromatic carbocycles. The van der Waals surface area contributed by atoms with Crippen LogP contribution in [0.3, 0.4) is 0 Å². The Morgan fingerprint density at radius 1 is 0.944 bits per heavy atom. The Kier molecular flexibility index (Phi) is 6.46. The molecule has 1 saturated heterocycles. The predicted octanol–water partition coefficient (Wildman–Crippen LogP) is 1.97. The summed E-state index contributed by atoms with van der Waals surface area (Å²) in [6.45, 7) is 5.66. The molecule has 1 saturated carbocycles. The molecule has 0 radical (unpaired) electrons. The molecule has 1 aliphatic carbocycles. The molecule has 0 spiro atoms. The van der Waals surface area contributed by atoms with Gasteiger partial charge < -0.3 is 16.0 Å². The Morgan fingerprint density at radius 3 is 2.22 bits per heavy atom. The lowest BCUT2D eigenvalue weighted by Crippen LogP contribution is -2.41. The van der Waals surface area contributed by atoms with Crippen molar-refractivity contribution >= 4 is 0 Å². The molecule has 3 nitrogen and oxygen atoms in total. The molecular formula is C15H31N3. The fourth-order valence-electron chi connectivity index (χ4n) is 3.41. The topological polar surface area (TPSA) is 41.3 Å². The molecule has 0 aromatic heterocycles. The lowest BCUT2D eigenvalue weighted by molar-refractivity contribution is 0.183. The molecule has 2 rings (SSSR count). The van der Waals surface area contributed by atoms with Crippen molar-refractivity contribution in [2.45, 2.75) is 57.4 Å². The number of nitrogens with one attached hydrogen (secondary N) is 1. The number of hydrogen-bond acceptors (Lipinski definition) is 3. The quantitative estimate of drug-likeness (QED) is 0.736. The second-order valence-corrected chi connectivity index (χ2v) is 6.17. The Morgan fingerprint density at radius 2 is 1.61 bits per heavy atom. The average Bonchev–Trinajstić information content (AvgIpc) is 2.67. The lowest BCUT2D eigenvalue weighted by Gasteiger charge is -2.32. The minimum atomic E-state index is 0.811. The Hall–Kier alpha value is -0.120. The molecular weight excluding hydrogens is 222 g/mol. The van der Waals surface area contributed by atoms with E-state index in [0.717, 1.165) is 25.0 Å². The average molecular weight is 253 g/mol. The van der Waals surface area contributed by atoms with Crippen LogP contribution in [0.15, 0.2) is 0 Å². The number of nitrogens with two attached hydrogens (primary N) is 1. The second-order valence-electron chi connectivity index (χ2n) is 6.17. The van der Waals surface area contributed by atoms with Gasteiger partial charge in [0.25, 0.3) is 0 Å². The minimum absolute atomic E-state index is 0.811. The van der Waals surface area contributed by atoms with E-state index in [1.807, 2.05) is 0 Å². The summed E-state index contributed by atoms with van der Waals surface area (Å²) in [5.74, 6) is 0.905. The predicted molar refractivity (Wildman–Crippen MR) is 77.7 cm³/mol. The molecule has 0 amide bonds. The highest BCUT2D eigenvalue weighted by atomic mass is 15.1. The maximum absolute atomic E-state index is 5.61. The number of likely N-dealkylation sites (tertiary alicyclic amines) is 1. The molecule has 2 aliphatic rings. The summed E-state index contributed by atoms with van der Waals surface area (Å²) < 4.78 is 0. The van der Waals surface area contributed by atoms with Crippen LogP contribution < -0.4 is 11.1 Å². The van der Waals surface area contributed by atoms with E-state index in [9.17, 15) is 0 Å². The zero-order chi connectivity index (χ0) is 12.6. The molecule has 3 heteroatoms.